The number of nitrogens with zero attached hydrogens (tertiary/aromatic N) is 1. The van der Waals surface area contributed by atoms with Crippen molar-refractivity contribution in [1.29, 1.82) is 0 Å². The van der Waals surface area contributed by atoms with Gasteiger partial charge in [0.25, 0.3) is 0 Å². The third-order valence-electron chi connectivity index (χ3n) is 0.406. The summed E-state index contributed by atoms with van der Waals surface area (Å²) in [5, 5.41) is 0. The van der Waals surface area contributed by atoms with Crippen molar-refractivity contribution in [3.63, 3.8) is 0 Å². The Morgan fingerprint density at radius 2 is 0.486 bits per heavy atom. The summed E-state index contributed by atoms with van der Waals surface area (Å²) in [5.41, 5.74) is 0. The van der Waals surface area contributed by atoms with Gasteiger partial charge in [-0.15, -0.1) is 0 Å². The molecule has 218 valence electrons. The Morgan fingerprint density at radius 3 is 0.514 bits per heavy atom. The molecule has 0 saturated heterocycles. The Bertz CT molecular complexity index is 372. The van der Waals surface area contributed by atoms with E-state index in [-0.39, 0.29) is 0 Å². The Labute approximate surface area is 177 Å². The standard InChI is InChI=1S/C3H4N2.6BF4/c1-2-5-3-4-1;6*2-1(3,4)5/h1-3H,(H,4,5);;;;;;/q;6*-1. The first-order valence-corrected chi connectivity index (χ1v) is 6.66. The first kappa shape index (κ1) is 46.3. The van der Waals surface area contributed by atoms with Crippen molar-refractivity contribution < 1.29 is 104 Å². The van der Waals surface area contributed by atoms with Crippen LogP contribution in [0.2, 0.25) is 0 Å². The van der Waals surface area contributed by atoms with Crippen LogP contribution in [0.25, 0.3) is 0 Å². The van der Waals surface area contributed by atoms with E-state index >= 15 is 0 Å². The minimum atomic E-state index is -6.00. The lowest BCUT2D eigenvalue weighted by Crippen LogP contribution is -2.02. The van der Waals surface area contributed by atoms with E-state index in [1.54, 1.807) is 18.7 Å². The third-order valence-corrected chi connectivity index (χ3v) is 0.406. The van der Waals surface area contributed by atoms with Crippen molar-refractivity contribution in [2.45, 2.75) is 0 Å². The third kappa shape index (κ3) is 3350. The van der Waals surface area contributed by atoms with Crippen LogP contribution in [0.3, 0.4) is 0 Å². The molecule has 0 aliphatic rings. The van der Waals surface area contributed by atoms with Crippen LogP contribution in [-0.4, -0.2) is 53.5 Å². The Kier molecular flexibility index (Phi) is 26.6. The Balaban J connectivity index is -0.0000000701. The van der Waals surface area contributed by atoms with Gasteiger partial charge in [-0.25, -0.2) is 4.98 Å². The monoisotopic (exact) mass is 590 g/mol. The summed E-state index contributed by atoms with van der Waals surface area (Å²) in [7, 11) is -36.0. The summed E-state index contributed by atoms with van der Waals surface area (Å²) in [6, 6.07) is 0. The van der Waals surface area contributed by atoms with Crippen molar-refractivity contribution in [2.75, 3.05) is 0 Å². The maximum Gasteiger partial charge on any atom is 0.673 e. The smallest absolute Gasteiger partial charge is 0.418 e. The molecule has 0 amide bonds. The van der Waals surface area contributed by atoms with Crippen LogP contribution in [0.1, 0.15) is 0 Å². The lowest BCUT2D eigenvalue weighted by Gasteiger charge is -1.94. The average Bonchev–Trinajstić information content (AvgIpc) is 2.81. The highest BCUT2D eigenvalue weighted by molar-refractivity contribution is 6.51. The highest BCUT2D eigenvalue weighted by Gasteiger charge is 2.22. The van der Waals surface area contributed by atoms with Gasteiger partial charge in [-0.05, 0) is 0 Å². The van der Waals surface area contributed by atoms with E-state index in [1.165, 1.54) is 0 Å². The number of halogens is 24. The van der Waals surface area contributed by atoms with E-state index in [2.05, 4.69) is 9.97 Å². The zero-order chi connectivity index (χ0) is 30.5. The number of rotatable bonds is 0. The molecule has 0 aromatic carbocycles. The topological polar surface area (TPSA) is 28.7 Å². The zero-order valence-corrected chi connectivity index (χ0v) is 15.2. The largest absolute Gasteiger partial charge is 0.673 e. The Morgan fingerprint density at radius 1 is 0.343 bits per heavy atom. The fraction of sp³-hybridized carbons (Fsp3) is 0. The summed E-state index contributed by atoms with van der Waals surface area (Å²) in [6.07, 6.45) is 5.08. The summed E-state index contributed by atoms with van der Waals surface area (Å²) < 4.78 is 234. The first-order valence-electron chi connectivity index (χ1n) is 6.66. The Hall–Kier alpha value is -2.08. The van der Waals surface area contributed by atoms with E-state index in [0.29, 0.717) is 0 Å². The van der Waals surface area contributed by atoms with E-state index in [4.69, 9.17) is 0 Å². The number of imidazole rings is 1. The quantitative estimate of drug-likeness (QED) is 0.240. The summed E-state index contributed by atoms with van der Waals surface area (Å²) in [5.74, 6) is 0. The number of hydrogen-bond acceptors (Lipinski definition) is 1. The van der Waals surface area contributed by atoms with Crippen LogP contribution >= 0.6 is 0 Å². The molecule has 35 heavy (non-hydrogen) atoms. The summed E-state index contributed by atoms with van der Waals surface area (Å²) in [4.78, 5) is 6.42. The summed E-state index contributed by atoms with van der Waals surface area (Å²) in [6.45, 7) is 0. The van der Waals surface area contributed by atoms with Crippen LogP contribution in [0, 0.1) is 0 Å². The molecule has 1 rings (SSSR count). The van der Waals surface area contributed by atoms with Gasteiger partial charge < -0.3 is 109 Å². The molecule has 1 N–H and O–H groups in total. The van der Waals surface area contributed by atoms with Crippen molar-refractivity contribution >= 4 is 43.5 Å². The molecule has 0 fully saturated rings. The van der Waals surface area contributed by atoms with Gasteiger partial charge >= 0.3 is 43.5 Å². The number of aromatic amines is 1. The van der Waals surface area contributed by atoms with E-state index in [9.17, 15) is 104 Å². The van der Waals surface area contributed by atoms with Crippen LogP contribution in [0.4, 0.5) is 104 Å². The lowest BCUT2D eigenvalue weighted by atomic mass is 10.3. The van der Waals surface area contributed by atoms with Gasteiger partial charge in [0.1, 0.15) is 0 Å². The first-order chi connectivity index (χ1) is 14.5. The van der Waals surface area contributed by atoms with Gasteiger partial charge in [0, 0.05) is 12.4 Å². The fourth-order valence-corrected chi connectivity index (χ4v) is 0.215. The lowest BCUT2D eigenvalue weighted by molar-refractivity contribution is 0.366. The second kappa shape index (κ2) is 20.1. The zero-order valence-electron chi connectivity index (χ0n) is 15.2. The van der Waals surface area contributed by atoms with Gasteiger partial charge in [-0.3, -0.25) is 0 Å². The molecule has 32 heteroatoms. The van der Waals surface area contributed by atoms with Crippen molar-refractivity contribution in [3.05, 3.63) is 18.7 Å². The minimum Gasteiger partial charge on any atom is -0.418 e. The molecule has 0 saturated carbocycles. The molecule has 0 unspecified atom stereocenters. The van der Waals surface area contributed by atoms with Gasteiger partial charge in [0.15, 0.2) is 0 Å². The molecular formula is C3H4B6F24N2-6. The molecule has 0 atom stereocenters. The summed E-state index contributed by atoms with van der Waals surface area (Å²) >= 11 is 0. The molecule has 1 aromatic rings. The molecule has 0 bridgehead atoms. The van der Waals surface area contributed by atoms with E-state index in [1.807, 2.05) is 0 Å². The number of hydrogen-bond donors (Lipinski definition) is 1. The molecule has 0 aliphatic carbocycles. The SMILES string of the molecule is F[B-](F)(F)F.F[B-](F)(F)F.F[B-](F)(F)F.F[B-](F)(F)F.F[B-](F)(F)F.F[B-](F)(F)F.c1c[nH]cn1. The van der Waals surface area contributed by atoms with Crippen molar-refractivity contribution in [3.8, 4) is 0 Å². The van der Waals surface area contributed by atoms with Crippen molar-refractivity contribution in [1.82, 2.24) is 9.97 Å². The molecule has 0 radical (unpaired) electrons. The van der Waals surface area contributed by atoms with Crippen LogP contribution in [-0.2, 0) is 0 Å². The van der Waals surface area contributed by atoms with Gasteiger partial charge in [0.05, 0.1) is 6.33 Å². The average molecular weight is 589 g/mol. The number of H-pyrrole nitrogens is 1. The molecule has 0 spiro atoms. The minimum absolute atomic E-state index is 1.62. The maximum absolute atomic E-state index is 9.75. The fourth-order valence-electron chi connectivity index (χ4n) is 0.215. The second-order valence-corrected chi connectivity index (χ2v) is 3.73. The van der Waals surface area contributed by atoms with Gasteiger partial charge in [0.2, 0.25) is 0 Å². The second-order valence-electron chi connectivity index (χ2n) is 3.73. The predicted octanol–water partition coefficient (Wildman–Crippen LogP) is 8.21. The van der Waals surface area contributed by atoms with Crippen LogP contribution in [0.15, 0.2) is 18.7 Å². The molecule has 1 aromatic heterocycles. The van der Waals surface area contributed by atoms with Gasteiger partial charge in [-0.2, -0.15) is 0 Å². The number of nitrogens with one attached hydrogen (secondary N) is 1. The maximum atomic E-state index is 9.75. The molecule has 2 nitrogen and oxygen atoms in total. The van der Waals surface area contributed by atoms with E-state index in [0.717, 1.165) is 0 Å². The predicted molar refractivity (Wildman–Crippen MR) is 79.7 cm³/mol. The normalized spacial score (nSPS) is 11.4. The molecular weight excluding hydrogens is 585 g/mol. The van der Waals surface area contributed by atoms with Crippen LogP contribution in [0.5, 0.6) is 0 Å². The molecule has 1 heterocycles. The highest BCUT2D eigenvalue weighted by Crippen LogP contribution is 2.09. The van der Waals surface area contributed by atoms with E-state index < -0.39 is 43.5 Å². The molecule has 0 aliphatic heterocycles. The van der Waals surface area contributed by atoms with Crippen molar-refractivity contribution in [2.24, 2.45) is 0 Å². The van der Waals surface area contributed by atoms with Gasteiger partial charge in [-0.1, -0.05) is 0 Å². The number of aromatic nitrogens is 2. The highest BCUT2D eigenvalue weighted by atomic mass is 19.5. The van der Waals surface area contributed by atoms with Crippen LogP contribution < -0.4 is 0 Å².